The highest BCUT2D eigenvalue weighted by atomic mass is 16.5. The van der Waals surface area contributed by atoms with Crippen LogP contribution in [0.2, 0.25) is 0 Å². The number of benzene rings is 1. The summed E-state index contributed by atoms with van der Waals surface area (Å²) in [5.74, 6) is 1.32. The van der Waals surface area contributed by atoms with Crippen LogP contribution >= 0.6 is 0 Å². The molecule has 4 heteroatoms. The SMILES string of the molecule is CC(C)Oc1cccc(C(=O)NCC2CCNCC2)c1. The second-order valence-electron chi connectivity index (χ2n) is 5.60. The topological polar surface area (TPSA) is 50.4 Å². The Balaban J connectivity index is 1.88. The zero-order valence-electron chi connectivity index (χ0n) is 12.3. The van der Waals surface area contributed by atoms with E-state index in [-0.39, 0.29) is 12.0 Å². The van der Waals surface area contributed by atoms with Gasteiger partial charge in [-0.25, -0.2) is 0 Å². The molecule has 1 saturated heterocycles. The van der Waals surface area contributed by atoms with Gasteiger partial charge in [0.15, 0.2) is 0 Å². The number of hydrogen-bond acceptors (Lipinski definition) is 3. The van der Waals surface area contributed by atoms with Crippen LogP contribution in [0.1, 0.15) is 37.0 Å². The molecule has 2 rings (SSSR count). The molecule has 1 heterocycles. The van der Waals surface area contributed by atoms with Gasteiger partial charge in [-0.05, 0) is 63.9 Å². The zero-order valence-corrected chi connectivity index (χ0v) is 12.3. The fourth-order valence-electron chi connectivity index (χ4n) is 2.41. The largest absolute Gasteiger partial charge is 0.491 e. The van der Waals surface area contributed by atoms with E-state index in [1.165, 1.54) is 0 Å². The number of carbonyl (C=O) groups excluding carboxylic acids is 1. The maximum atomic E-state index is 12.1. The number of rotatable bonds is 5. The molecule has 0 aromatic heterocycles. The number of nitrogens with one attached hydrogen (secondary N) is 2. The molecular weight excluding hydrogens is 252 g/mol. The van der Waals surface area contributed by atoms with Crippen molar-refractivity contribution >= 4 is 5.91 Å². The van der Waals surface area contributed by atoms with Crippen LogP contribution in [0, 0.1) is 5.92 Å². The highest BCUT2D eigenvalue weighted by Gasteiger charge is 2.14. The second kappa shape index (κ2) is 7.29. The van der Waals surface area contributed by atoms with Gasteiger partial charge in [0.1, 0.15) is 5.75 Å². The molecule has 1 aliphatic rings. The predicted molar refractivity (Wildman–Crippen MR) is 80.1 cm³/mol. The molecule has 0 saturated carbocycles. The van der Waals surface area contributed by atoms with Gasteiger partial charge in [-0.1, -0.05) is 6.07 Å². The van der Waals surface area contributed by atoms with Crippen molar-refractivity contribution in [3.8, 4) is 5.75 Å². The Morgan fingerprint density at radius 1 is 1.40 bits per heavy atom. The summed E-state index contributed by atoms with van der Waals surface area (Å²) >= 11 is 0. The van der Waals surface area contributed by atoms with E-state index >= 15 is 0 Å². The summed E-state index contributed by atoms with van der Waals surface area (Å²) in [6.45, 7) is 6.82. The first-order chi connectivity index (χ1) is 9.65. The van der Waals surface area contributed by atoms with Crippen LogP contribution in [0.25, 0.3) is 0 Å². The van der Waals surface area contributed by atoms with E-state index in [1.54, 1.807) is 6.07 Å². The summed E-state index contributed by atoms with van der Waals surface area (Å²) in [5, 5.41) is 6.36. The third-order valence-electron chi connectivity index (χ3n) is 3.48. The number of piperidine rings is 1. The van der Waals surface area contributed by atoms with Crippen molar-refractivity contribution < 1.29 is 9.53 Å². The third-order valence-corrected chi connectivity index (χ3v) is 3.48. The quantitative estimate of drug-likeness (QED) is 0.867. The fraction of sp³-hybridized carbons (Fsp3) is 0.562. The van der Waals surface area contributed by atoms with Crippen molar-refractivity contribution in [1.82, 2.24) is 10.6 Å². The van der Waals surface area contributed by atoms with E-state index in [0.29, 0.717) is 11.5 Å². The lowest BCUT2D eigenvalue weighted by molar-refractivity contribution is 0.0943. The lowest BCUT2D eigenvalue weighted by Gasteiger charge is -2.22. The van der Waals surface area contributed by atoms with Gasteiger partial charge in [0.2, 0.25) is 0 Å². The van der Waals surface area contributed by atoms with E-state index in [4.69, 9.17) is 4.74 Å². The van der Waals surface area contributed by atoms with E-state index in [9.17, 15) is 4.79 Å². The fourth-order valence-corrected chi connectivity index (χ4v) is 2.41. The molecule has 4 nitrogen and oxygen atoms in total. The van der Waals surface area contributed by atoms with Gasteiger partial charge in [0, 0.05) is 12.1 Å². The van der Waals surface area contributed by atoms with E-state index < -0.39 is 0 Å². The van der Waals surface area contributed by atoms with Crippen LogP contribution in [0.4, 0.5) is 0 Å². The van der Waals surface area contributed by atoms with Crippen molar-refractivity contribution in [2.24, 2.45) is 5.92 Å². The molecule has 2 N–H and O–H groups in total. The molecule has 1 aromatic carbocycles. The molecule has 1 aromatic rings. The summed E-state index contributed by atoms with van der Waals surface area (Å²) in [4.78, 5) is 12.1. The monoisotopic (exact) mass is 276 g/mol. The summed E-state index contributed by atoms with van der Waals surface area (Å²) < 4.78 is 5.61. The summed E-state index contributed by atoms with van der Waals surface area (Å²) in [7, 11) is 0. The smallest absolute Gasteiger partial charge is 0.251 e. The minimum absolute atomic E-state index is 0.0160. The summed E-state index contributed by atoms with van der Waals surface area (Å²) in [6, 6.07) is 7.36. The number of amides is 1. The first kappa shape index (κ1) is 14.9. The van der Waals surface area contributed by atoms with Crippen molar-refractivity contribution in [1.29, 1.82) is 0 Å². The molecule has 0 unspecified atom stereocenters. The predicted octanol–water partition coefficient (Wildman–Crippen LogP) is 2.20. The van der Waals surface area contributed by atoms with Gasteiger partial charge in [-0.2, -0.15) is 0 Å². The van der Waals surface area contributed by atoms with Crippen molar-refractivity contribution in [2.75, 3.05) is 19.6 Å². The molecule has 1 amide bonds. The van der Waals surface area contributed by atoms with Crippen LogP contribution in [0.5, 0.6) is 5.75 Å². The van der Waals surface area contributed by atoms with Gasteiger partial charge in [0.25, 0.3) is 5.91 Å². The van der Waals surface area contributed by atoms with E-state index in [2.05, 4.69) is 10.6 Å². The van der Waals surface area contributed by atoms with Crippen LogP contribution < -0.4 is 15.4 Å². The highest BCUT2D eigenvalue weighted by molar-refractivity contribution is 5.94. The first-order valence-electron chi connectivity index (χ1n) is 7.41. The molecule has 0 radical (unpaired) electrons. The summed E-state index contributed by atoms with van der Waals surface area (Å²) in [5.41, 5.74) is 0.664. The molecule has 110 valence electrons. The number of hydrogen-bond donors (Lipinski definition) is 2. The minimum atomic E-state index is -0.0160. The standard InChI is InChI=1S/C16H24N2O2/c1-12(2)20-15-5-3-4-14(10-15)16(19)18-11-13-6-8-17-9-7-13/h3-5,10,12-13,17H,6-9,11H2,1-2H3,(H,18,19). The van der Waals surface area contributed by atoms with Crippen LogP contribution in [0.3, 0.4) is 0 Å². The van der Waals surface area contributed by atoms with Gasteiger partial charge < -0.3 is 15.4 Å². The molecular formula is C16H24N2O2. The third kappa shape index (κ3) is 4.53. The Hall–Kier alpha value is -1.55. The van der Waals surface area contributed by atoms with Crippen molar-refractivity contribution in [3.63, 3.8) is 0 Å². The molecule has 0 bridgehead atoms. The summed E-state index contributed by atoms with van der Waals surface area (Å²) in [6.07, 6.45) is 2.39. The Bertz CT molecular complexity index is 440. The first-order valence-corrected chi connectivity index (χ1v) is 7.41. The van der Waals surface area contributed by atoms with Gasteiger partial charge in [-0.3, -0.25) is 4.79 Å². The highest BCUT2D eigenvalue weighted by Crippen LogP contribution is 2.15. The number of carbonyl (C=O) groups is 1. The molecule has 0 aliphatic carbocycles. The van der Waals surface area contributed by atoms with Gasteiger partial charge in [-0.15, -0.1) is 0 Å². The average molecular weight is 276 g/mol. The van der Waals surface area contributed by atoms with E-state index in [1.807, 2.05) is 32.0 Å². The average Bonchev–Trinajstić information content (AvgIpc) is 2.45. The molecule has 20 heavy (non-hydrogen) atoms. The van der Waals surface area contributed by atoms with Gasteiger partial charge >= 0.3 is 0 Å². The second-order valence-corrected chi connectivity index (χ2v) is 5.60. The Kier molecular flexibility index (Phi) is 5.41. The molecule has 1 aliphatic heterocycles. The lowest BCUT2D eigenvalue weighted by Crippen LogP contribution is -2.35. The van der Waals surface area contributed by atoms with Crippen LogP contribution in [-0.2, 0) is 0 Å². The Morgan fingerprint density at radius 3 is 2.85 bits per heavy atom. The van der Waals surface area contributed by atoms with Crippen molar-refractivity contribution in [2.45, 2.75) is 32.8 Å². The normalized spacial score (nSPS) is 16.1. The van der Waals surface area contributed by atoms with E-state index in [0.717, 1.165) is 38.2 Å². The van der Waals surface area contributed by atoms with Crippen LogP contribution in [0.15, 0.2) is 24.3 Å². The molecule has 1 fully saturated rings. The maximum Gasteiger partial charge on any atom is 0.251 e. The minimum Gasteiger partial charge on any atom is -0.491 e. The van der Waals surface area contributed by atoms with Crippen LogP contribution in [-0.4, -0.2) is 31.6 Å². The Morgan fingerprint density at radius 2 is 2.15 bits per heavy atom. The van der Waals surface area contributed by atoms with Crippen molar-refractivity contribution in [3.05, 3.63) is 29.8 Å². The maximum absolute atomic E-state index is 12.1. The zero-order chi connectivity index (χ0) is 14.4. The van der Waals surface area contributed by atoms with Gasteiger partial charge in [0.05, 0.1) is 6.10 Å². The lowest BCUT2D eigenvalue weighted by atomic mass is 9.98. The number of ether oxygens (including phenoxy) is 1. The molecule has 0 spiro atoms. The molecule has 0 atom stereocenters. The Labute approximate surface area is 120 Å².